The molecule has 0 unspecified atom stereocenters. The average molecular weight is 256 g/mol. The zero-order valence-corrected chi connectivity index (χ0v) is 12.4. The van der Waals surface area contributed by atoms with Crippen LogP contribution in [-0.2, 0) is 4.74 Å². The fourth-order valence-electron chi connectivity index (χ4n) is 1.29. The van der Waals surface area contributed by atoms with E-state index in [2.05, 4.69) is 4.74 Å². The van der Waals surface area contributed by atoms with E-state index >= 15 is 0 Å². The van der Waals surface area contributed by atoms with E-state index < -0.39 is 18.4 Å². The Labute approximate surface area is 134 Å². The molecule has 0 N–H and O–H groups in total. The molecule has 1 rings (SSSR count). The number of carbonyl (C=O) groups is 1. The molecule has 16 heavy (non-hydrogen) atoms. The van der Waals surface area contributed by atoms with E-state index in [1.54, 1.807) is 0 Å². The third-order valence-electron chi connectivity index (χ3n) is 2.04. The molecule has 0 aliphatic rings. The van der Waals surface area contributed by atoms with Crippen molar-refractivity contribution >= 4 is 18.4 Å². The minimum atomic E-state index is -5.02. The van der Waals surface area contributed by atoms with Crippen LogP contribution in [0.3, 0.4) is 0 Å². The van der Waals surface area contributed by atoms with E-state index in [4.69, 9.17) is 0 Å². The van der Waals surface area contributed by atoms with Crippen LogP contribution in [0.2, 0.25) is 0 Å². The van der Waals surface area contributed by atoms with Crippen molar-refractivity contribution in [2.45, 2.75) is 6.92 Å². The summed E-state index contributed by atoms with van der Waals surface area (Å²) in [5, 5.41) is 0. The standard InChI is InChI=1S/C9H9BF3O2.K/c1-6-5-7(9(14)15-2)3-4-8(6)10(11,12)13;/h3-5H,1-2H3;/q-1;+1. The summed E-state index contributed by atoms with van der Waals surface area (Å²) < 4.78 is 41.6. The van der Waals surface area contributed by atoms with Crippen molar-refractivity contribution in [2.24, 2.45) is 0 Å². The van der Waals surface area contributed by atoms with Gasteiger partial charge in [-0.3, -0.25) is 0 Å². The summed E-state index contributed by atoms with van der Waals surface area (Å²) in [6, 6.07) is 3.20. The molecule has 7 heteroatoms. The zero-order chi connectivity index (χ0) is 11.6. The maximum absolute atomic E-state index is 12.4. The summed E-state index contributed by atoms with van der Waals surface area (Å²) in [6.07, 6.45) is 0. The van der Waals surface area contributed by atoms with Crippen LogP contribution >= 0.6 is 0 Å². The van der Waals surface area contributed by atoms with Crippen molar-refractivity contribution < 1.29 is 73.9 Å². The first-order chi connectivity index (χ1) is 6.86. The molecule has 0 aliphatic heterocycles. The van der Waals surface area contributed by atoms with Crippen LogP contribution in [0, 0.1) is 6.92 Å². The van der Waals surface area contributed by atoms with Crippen molar-refractivity contribution in [1.29, 1.82) is 0 Å². The largest absolute Gasteiger partial charge is 1.00 e. The van der Waals surface area contributed by atoms with E-state index in [1.165, 1.54) is 20.1 Å². The van der Waals surface area contributed by atoms with Crippen LogP contribution in [0.25, 0.3) is 0 Å². The van der Waals surface area contributed by atoms with E-state index in [1.807, 2.05) is 0 Å². The third kappa shape index (κ3) is 3.89. The maximum atomic E-state index is 12.4. The first-order valence-corrected chi connectivity index (χ1v) is 4.25. The second kappa shape index (κ2) is 6.21. The fraction of sp³-hybridized carbons (Fsp3) is 0.222. The Morgan fingerprint density at radius 1 is 1.31 bits per heavy atom. The Balaban J connectivity index is 0.00000225. The fourth-order valence-corrected chi connectivity index (χ4v) is 1.29. The smallest absolute Gasteiger partial charge is 0.465 e. The molecule has 0 fully saturated rings. The second-order valence-electron chi connectivity index (χ2n) is 3.14. The molecule has 0 spiro atoms. The molecule has 0 saturated heterocycles. The molecule has 0 saturated carbocycles. The number of carbonyl (C=O) groups excluding carboxylic acids is 1. The van der Waals surface area contributed by atoms with Gasteiger partial charge in [0.1, 0.15) is 0 Å². The number of benzene rings is 1. The molecule has 0 heterocycles. The number of hydrogen-bond acceptors (Lipinski definition) is 2. The summed E-state index contributed by atoms with van der Waals surface area (Å²) in [4.78, 5) is 11.0. The van der Waals surface area contributed by atoms with Gasteiger partial charge in [0.25, 0.3) is 0 Å². The topological polar surface area (TPSA) is 26.3 Å². The Bertz CT molecular complexity index is 393. The number of rotatable bonds is 2. The summed E-state index contributed by atoms with van der Waals surface area (Å²) in [6.45, 7) is -3.71. The minimum Gasteiger partial charge on any atom is -0.465 e. The van der Waals surface area contributed by atoms with Gasteiger partial charge in [-0.1, -0.05) is 17.7 Å². The number of halogens is 3. The first kappa shape index (κ1) is 16.2. The van der Waals surface area contributed by atoms with Crippen LogP contribution < -0.4 is 56.8 Å². The number of esters is 1. The van der Waals surface area contributed by atoms with Gasteiger partial charge in [0, 0.05) is 0 Å². The van der Waals surface area contributed by atoms with Crippen LogP contribution in [0.15, 0.2) is 18.2 Å². The number of methoxy groups -OCH3 is 1. The zero-order valence-electron chi connectivity index (χ0n) is 9.26. The molecule has 0 radical (unpaired) electrons. The molecule has 0 atom stereocenters. The van der Waals surface area contributed by atoms with Gasteiger partial charge < -0.3 is 17.7 Å². The van der Waals surface area contributed by atoms with Gasteiger partial charge in [0.2, 0.25) is 0 Å². The quantitative estimate of drug-likeness (QED) is 0.493. The second-order valence-corrected chi connectivity index (χ2v) is 3.14. The van der Waals surface area contributed by atoms with Gasteiger partial charge in [0.15, 0.2) is 0 Å². The van der Waals surface area contributed by atoms with Crippen molar-refractivity contribution in [3.63, 3.8) is 0 Å². The Morgan fingerprint density at radius 2 is 1.88 bits per heavy atom. The number of hydrogen-bond donors (Lipinski definition) is 0. The SMILES string of the molecule is COC(=O)c1ccc([B-](F)(F)F)c(C)c1.[K+]. The van der Waals surface area contributed by atoms with Crippen LogP contribution in [0.4, 0.5) is 12.9 Å². The predicted molar refractivity (Wildman–Crippen MR) is 51.2 cm³/mol. The molecule has 0 bridgehead atoms. The average Bonchev–Trinajstić information content (AvgIpc) is 2.14. The Kier molecular flexibility index (Phi) is 6.28. The summed E-state index contributed by atoms with van der Waals surface area (Å²) in [7, 11) is 1.18. The van der Waals surface area contributed by atoms with Crippen LogP contribution in [-0.4, -0.2) is 20.1 Å². The summed E-state index contributed by atoms with van der Waals surface area (Å²) >= 11 is 0. The van der Waals surface area contributed by atoms with E-state index in [-0.39, 0.29) is 62.5 Å². The number of aryl methyl sites for hydroxylation is 1. The van der Waals surface area contributed by atoms with Gasteiger partial charge in [-0.2, -0.15) is 0 Å². The minimum absolute atomic E-state index is 0. The van der Waals surface area contributed by atoms with Crippen LogP contribution in [0.5, 0.6) is 0 Å². The molecular formula is C9H9BF3KO2. The monoisotopic (exact) mass is 256 g/mol. The number of ether oxygens (including phenoxy) is 1. The van der Waals surface area contributed by atoms with Gasteiger partial charge in [-0.25, -0.2) is 4.79 Å². The molecule has 1 aromatic rings. The van der Waals surface area contributed by atoms with Gasteiger partial charge in [0.05, 0.1) is 12.7 Å². The van der Waals surface area contributed by atoms with Crippen molar-refractivity contribution in [1.82, 2.24) is 0 Å². The first-order valence-electron chi connectivity index (χ1n) is 4.25. The molecular weight excluding hydrogens is 247 g/mol. The summed E-state index contributed by atoms with van der Waals surface area (Å²) in [5.41, 5.74) is -0.521. The van der Waals surface area contributed by atoms with E-state index in [0.717, 1.165) is 12.1 Å². The molecule has 1 aromatic carbocycles. The van der Waals surface area contributed by atoms with Gasteiger partial charge in [-0.15, -0.1) is 5.46 Å². The van der Waals surface area contributed by atoms with E-state index in [9.17, 15) is 17.7 Å². The van der Waals surface area contributed by atoms with Crippen molar-refractivity contribution in [3.8, 4) is 0 Å². The molecule has 0 amide bonds. The Morgan fingerprint density at radius 3 is 2.25 bits per heavy atom. The molecule has 82 valence electrons. The summed E-state index contributed by atoms with van der Waals surface area (Å²) in [5.74, 6) is -0.640. The van der Waals surface area contributed by atoms with Crippen molar-refractivity contribution in [2.75, 3.05) is 7.11 Å². The Hall–Kier alpha value is 0.181. The van der Waals surface area contributed by atoms with Crippen molar-refractivity contribution in [3.05, 3.63) is 29.3 Å². The molecule has 0 aliphatic carbocycles. The normalized spacial score (nSPS) is 10.6. The van der Waals surface area contributed by atoms with E-state index in [0.29, 0.717) is 0 Å². The van der Waals surface area contributed by atoms with Crippen LogP contribution in [0.1, 0.15) is 15.9 Å². The molecule has 0 aromatic heterocycles. The molecule has 2 nitrogen and oxygen atoms in total. The third-order valence-corrected chi connectivity index (χ3v) is 2.04. The van der Waals surface area contributed by atoms with Gasteiger partial charge >= 0.3 is 64.3 Å². The maximum Gasteiger partial charge on any atom is 1.00 e. The predicted octanol–water partition coefficient (Wildman–Crippen LogP) is -1.16. The van der Waals surface area contributed by atoms with Gasteiger partial charge in [-0.05, 0) is 13.0 Å².